The Kier molecular flexibility index (Phi) is 5.62. The van der Waals surface area contributed by atoms with E-state index in [9.17, 15) is 10.1 Å². The number of nitrogens with zero attached hydrogens (tertiary/aromatic N) is 4. The lowest BCUT2D eigenvalue weighted by Gasteiger charge is -2.14. The summed E-state index contributed by atoms with van der Waals surface area (Å²) in [6, 6.07) is 9.68. The minimum atomic E-state index is -0.399. The molecular weight excluding hydrogens is 394 g/mol. The first-order chi connectivity index (χ1) is 15.0. The van der Waals surface area contributed by atoms with Gasteiger partial charge in [0.1, 0.15) is 17.6 Å². The minimum Gasteiger partial charge on any atom is -0.378 e. The molecular formula is C23H23N5O3. The van der Waals surface area contributed by atoms with Gasteiger partial charge in [0.25, 0.3) is 0 Å². The predicted molar refractivity (Wildman–Crippen MR) is 119 cm³/mol. The highest BCUT2D eigenvalue weighted by atomic mass is 16.6. The van der Waals surface area contributed by atoms with Crippen LogP contribution in [0.1, 0.15) is 29.6 Å². The number of benzene rings is 1. The van der Waals surface area contributed by atoms with Gasteiger partial charge < -0.3 is 9.84 Å². The Morgan fingerprint density at radius 2 is 2.03 bits per heavy atom. The molecule has 3 aromatic heterocycles. The molecule has 0 amide bonds. The van der Waals surface area contributed by atoms with Crippen molar-refractivity contribution in [3.63, 3.8) is 0 Å². The quantitative estimate of drug-likeness (QED) is 0.332. The molecule has 0 saturated carbocycles. The molecule has 0 bridgehead atoms. The van der Waals surface area contributed by atoms with E-state index >= 15 is 0 Å². The molecule has 158 valence electrons. The highest BCUT2D eigenvalue weighted by molar-refractivity contribution is 5.99. The molecule has 1 N–H and O–H groups in total. The van der Waals surface area contributed by atoms with Crippen LogP contribution in [0.3, 0.4) is 0 Å². The van der Waals surface area contributed by atoms with Crippen molar-refractivity contribution in [3.8, 4) is 11.1 Å². The van der Waals surface area contributed by atoms with E-state index in [-0.39, 0.29) is 5.69 Å². The topological polar surface area (TPSA) is 107 Å². The van der Waals surface area contributed by atoms with Gasteiger partial charge in [-0.25, -0.2) is 4.98 Å². The second kappa shape index (κ2) is 8.51. The predicted octanol–water partition coefficient (Wildman–Crippen LogP) is 5.03. The van der Waals surface area contributed by atoms with E-state index in [1.54, 1.807) is 6.20 Å². The van der Waals surface area contributed by atoms with E-state index in [1.165, 1.54) is 6.20 Å². The monoisotopic (exact) mass is 417 g/mol. The van der Waals surface area contributed by atoms with E-state index in [2.05, 4.69) is 27.4 Å². The van der Waals surface area contributed by atoms with Crippen LogP contribution in [0.25, 0.3) is 22.0 Å². The van der Waals surface area contributed by atoms with Crippen LogP contribution >= 0.6 is 0 Å². The van der Waals surface area contributed by atoms with Crippen LogP contribution in [0.4, 0.5) is 11.4 Å². The van der Waals surface area contributed by atoms with Crippen LogP contribution < -0.4 is 5.32 Å². The lowest BCUT2D eigenvalue weighted by atomic mass is 9.94. The summed E-state index contributed by atoms with van der Waals surface area (Å²) in [5, 5.41) is 19.7. The maximum absolute atomic E-state index is 11.7. The van der Waals surface area contributed by atoms with Gasteiger partial charge in [-0.15, -0.1) is 0 Å². The molecule has 0 unspecified atom stereocenters. The third-order valence-corrected chi connectivity index (χ3v) is 5.36. The number of hydrogen-bond acceptors (Lipinski definition) is 7. The molecule has 31 heavy (non-hydrogen) atoms. The van der Waals surface area contributed by atoms with Gasteiger partial charge in [-0.1, -0.05) is 18.1 Å². The summed E-state index contributed by atoms with van der Waals surface area (Å²) in [4.78, 5) is 20.0. The van der Waals surface area contributed by atoms with E-state index in [0.717, 1.165) is 45.6 Å². The fourth-order valence-corrected chi connectivity index (χ4v) is 3.85. The Labute approximate surface area is 179 Å². The van der Waals surface area contributed by atoms with E-state index < -0.39 is 4.92 Å². The van der Waals surface area contributed by atoms with Gasteiger partial charge >= 0.3 is 5.69 Å². The third-order valence-electron chi connectivity index (χ3n) is 5.36. The maximum Gasteiger partial charge on any atom is 0.311 e. The molecule has 8 nitrogen and oxygen atoms in total. The van der Waals surface area contributed by atoms with Crippen LogP contribution in [0.15, 0.2) is 47.2 Å². The van der Waals surface area contributed by atoms with Crippen LogP contribution in [-0.2, 0) is 12.8 Å². The Balaban J connectivity index is 1.79. The molecule has 8 heteroatoms. The van der Waals surface area contributed by atoms with Crippen molar-refractivity contribution >= 4 is 22.3 Å². The normalized spacial score (nSPS) is 11.1. The smallest absolute Gasteiger partial charge is 0.311 e. The number of pyridine rings is 2. The van der Waals surface area contributed by atoms with Crippen molar-refractivity contribution < 1.29 is 9.45 Å². The molecule has 1 aromatic carbocycles. The Morgan fingerprint density at radius 3 is 2.68 bits per heavy atom. The molecule has 0 atom stereocenters. The first-order valence-electron chi connectivity index (χ1n) is 10.2. The molecule has 0 spiro atoms. The number of hydrogen-bond donors (Lipinski definition) is 1. The average molecular weight is 417 g/mol. The van der Waals surface area contributed by atoms with Gasteiger partial charge in [0.15, 0.2) is 0 Å². The highest BCUT2D eigenvalue weighted by Gasteiger charge is 2.21. The Bertz CT molecular complexity index is 1230. The fourth-order valence-electron chi connectivity index (χ4n) is 3.85. The van der Waals surface area contributed by atoms with E-state index in [0.29, 0.717) is 24.2 Å². The number of nitro groups is 1. The van der Waals surface area contributed by atoms with Crippen molar-refractivity contribution in [2.75, 3.05) is 11.9 Å². The van der Waals surface area contributed by atoms with Crippen molar-refractivity contribution in [1.29, 1.82) is 0 Å². The first kappa shape index (κ1) is 20.5. The summed E-state index contributed by atoms with van der Waals surface area (Å²) in [6.07, 6.45) is 4.46. The van der Waals surface area contributed by atoms with Gasteiger partial charge in [-0.2, -0.15) is 0 Å². The number of aromatic nitrogens is 3. The zero-order chi connectivity index (χ0) is 22.0. The third kappa shape index (κ3) is 3.96. The van der Waals surface area contributed by atoms with Gasteiger partial charge in [0.2, 0.25) is 0 Å². The highest BCUT2D eigenvalue weighted by Crippen LogP contribution is 2.38. The van der Waals surface area contributed by atoms with Gasteiger partial charge in [0.05, 0.1) is 16.1 Å². The van der Waals surface area contributed by atoms with Crippen LogP contribution in [0.5, 0.6) is 0 Å². The summed E-state index contributed by atoms with van der Waals surface area (Å²) >= 11 is 0. The molecule has 4 rings (SSSR count). The van der Waals surface area contributed by atoms with E-state index in [4.69, 9.17) is 4.52 Å². The number of rotatable bonds is 7. The lowest BCUT2D eigenvalue weighted by Crippen LogP contribution is -2.09. The second-order valence-electron chi connectivity index (χ2n) is 7.35. The van der Waals surface area contributed by atoms with Gasteiger partial charge in [-0.05, 0) is 55.7 Å². The van der Waals surface area contributed by atoms with Gasteiger partial charge in [-0.3, -0.25) is 15.1 Å². The number of aryl methyl sites for hydroxylation is 3. The summed E-state index contributed by atoms with van der Waals surface area (Å²) in [5.41, 5.74) is 5.84. The standard InChI is InChI=1S/C23H23N5O3/c1-4-16-11-19-20(12-18(16)22-14(2)27-31-15(22)3)26-13-21(28(29)30)23(19)25-10-8-17-7-5-6-9-24-17/h5-7,9,11-13H,4,8,10H2,1-3H3,(H,25,26). The van der Waals surface area contributed by atoms with Crippen molar-refractivity contribution in [1.82, 2.24) is 15.1 Å². The summed E-state index contributed by atoms with van der Waals surface area (Å²) in [5.74, 6) is 0.738. The maximum atomic E-state index is 11.7. The minimum absolute atomic E-state index is 0.0411. The number of fused-ring (bicyclic) bond motifs is 1. The Hall–Kier alpha value is -3.81. The molecule has 0 saturated heterocycles. The molecule has 0 aliphatic rings. The number of anilines is 1. The molecule has 4 aromatic rings. The molecule has 0 aliphatic heterocycles. The largest absolute Gasteiger partial charge is 0.378 e. The molecule has 0 fully saturated rings. The summed E-state index contributed by atoms with van der Waals surface area (Å²) < 4.78 is 5.35. The second-order valence-corrected chi connectivity index (χ2v) is 7.35. The summed E-state index contributed by atoms with van der Waals surface area (Å²) in [6.45, 7) is 6.36. The van der Waals surface area contributed by atoms with Gasteiger partial charge in [0, 0.05) is 35.8 Å². The fraction of sp³-hybridized carbons (Fsp3) is 0.261. The average Bonchev–Trinajstić information content (AvgIpc) is 3.11. The first-order valence-corrected chi connectivity index (χ1v) is 10.2. The van der Waals surface area contributed by atoms with Crippen molar-refractivity contribution in [3.05, 3.63) is 75.6 Å². The van der Waals surface area contributed by atoms with Crippen molar-refractivity contribution in [2.24, 2.45) is 0 Å². The lowest BCUT2D eigenvalue weighted by molar-refractivity contribution is -0.384. The zero-order valence-corrected chi connectivity index (χ0v) is 17.7. The van der Waals surface area contributed by atoms with Crippen molar-refractivity contribution in [2.45, 2.75) is 33.6 Å². The molecule has 0 radical (unpaired) electrons. The molecule has 3 heterocycles. The van der Waals surface area contributed by atoms with E-state index in [1.807, 2.05) is 44.2 Å². The van der Waals surface area contributed by atoms with Crippen LogP contribution in [-0.4, -0.2) is 26.6 Å². The zero-order valence-electron chi connectivity index (χ0n) is 17.7. The van der Waals surface area contributed by atoms with Crippen LogP contribution in [0, 0.1) is 24.0 Å². The van der Waals surface area contributed by atoms with Crippen LogP contribution in [0.2, 0.25) is 0 Å². The SMILES string of the molecule is CCc1cc2c(NCCc3ccccn3)c([N+](=O)[O-])cnc2cc1-c1c(C)noc1C. The number of nitrogens with one attached hydrogen (secondary N) is 1. The Morgan fingerprint density at radius 1 is 1.19 bits per heavy atom. The summed E-state index contributed by atoms with van der Waals surface area (Å²) in [7, 11) is 0. The molecule has 0 aliphatic carbocycles.